The molecular weight excluding hydrogens is 422 g/mol. The number of hydrogen-bond donors (Lipinski definition) is 0. The number of likely N-dealkylation sites (N-methyl/N-ethyl adjacent to an activating group) is 1. The quantitative estimate of drug-likeness (QED) is 0.558. The third-order valence-electron chi connectivity index (χ3n) is 8.83. The van der Waals surface area contributed by atoms with Gasteiger partial charge >= 0.3 is 0 Å². The van der Waals surface area contributed by atoms with E-state index in [2.05, 4.69) is 42.0 Å². The highest BCUT2D eigenvalue weighted by molar-refractivity contribution is 5.93. The summed E-state index contributed by atoms with van der Waals surface area (Å²) in [6.07, 6.45) is 13.4. The summed E-state index contributed by atoms with van der Waals surface area (Å²) >= 11 is 0. The topological polar surface area (TPSA) is 46.6 Å². The Labute approximate surface area is 203 Å². The minimum Gasteiger partial charge on any atom is -0.492 e. The molecule has 178 valence electrons. The number of ketones is 2. The van der Waals surface area contributed by atoms with Gasteiger partial charge in [0.05, 0.1) is 6.54 Å². The maximum absolute atomic E-state index is 13.1. The third-order valence-corrected chi connectivity index (χ3v) is 8.83. The molecule has 0 aliphatic heterocycles. The Morgan fingerprint density at radius 1 is 1.12 bits per heavy atom. The second kappa shape index (κ2) is 9.19. The first-order chi connectivity index (χ1) is 16.4. The van der Waals surface area contributed by atoms with Crippen LogP contribution < -0.4 is 4.74 Å². The van der Waals surface area contributed by atoms with Gasteiger partial charge in [-0.05, 0) is 85.9 Å². The molecule has 1 aromatic carbocycles. The fraction of sp³-hybridized carbons (Fsp3) is 0.533. The zero-order chi connectivity index (χ0) is 23.9. The first-order valence-corrected chi connectivity index (χ1v) is 12.8. The number of rotatable bonds is 6. The maximum Gasteiger partial charge on any atom is 0.156 e. The molecule has 0 heterocycles. The van der Waals surface area contributed by atoms with Crippen molar-refractivity contribution in [3.8, 4) is 18.1 Å². The van der Waals surface area contributed by atoms with E-state index in [0.717, 1.165) is 50.8 Å². The molecule has 0 bridgehead atoms. The number of carbonyl (C=O) groups is 2. The van der Waals surface area contributed by atoms with Crippen LogP contribution in [0.1, 0.15) is 63.4 Å². The fourth-order valence-corrected chi connectivity index (χ4v) is 7.08. The van der Waals surface area contributed by atoms with Gasteiger partial charge in [0.1, 0.15) is 18.1 Å². The average molecular weight is 458 g/mol. The van der Waals surface area contributed by atoms with Crippen LogP contribution in [-0.2, 0) is 9.59 Å². The predicted octanol–water partition coefficient (Wildman–Crippen LogP) is 5.10. The van der Waals surface area contributed by atoms with Gasteiger partial charge in [0, 0.05) is 30.7 Å². The second-order valence-electron chi connectivity index (χ2n) is 10.8. The van der Waals surface area contributed by atoms with Crippen molar-refractivity contribution in [1.82, 2.24) is 4.90 Å². The number of carbonyl (C=O) groups excluding carboxylic acids is 2. The third kappa shape index (κ3) is 4.05. The van der Waals surface area contributed by atoms with Gasteiger partial charge in [0.2, 0.25) is 0 Å². The van der Waals surface area contributed by atoms with Crippen molar-refractivity contribution in [1.29, 1.82) is 0 Å². The molecule has 4 atom stereocenters. The number of terminal acetylenes is 1. The summed E-state index contributed by atoms with van der Waals surface area (Å²) in [5.41, 5.74) is 5.26. The first-order valence-electron chi connectivity index (χ1n) is 12.8. The average Bonchev–Trinajstić information content (AvgIpc) is 3.13. The fourth-order valence-electron chi connectivity index (χ4n) is 7.08. The molecule has 0 amide bonds. The number of allylic oxidation sites excluding steroid dienone is 4. The van der Waals surface area contributed by atoms with E-state index in [9.17, 15) is 9.59 Å². The molecule has 0 saturated heterocycles. The van der Waals surface area contributed by atoms with Crippen LogP contribution in [0.2, 0.25) is 0 Å². The Morgan fingerprint density at radius 3 is 2.68 bits per heavy atom. The van der Waals surface area contributed by atoms with Crippen LogP contribution in [0.15, 0.2) is 47.1 Å². The molecule has 34 heavy (non-hydrogen) atoms. The van der Waals surface area contributed by atoms with Crippen LogP contribution in [0.4, 0.5) is 0 Å². The Bertz CT molecular complexity index is 1090. The standard InChI is InChI=1S/C30H35NO3/c1-4-15-31(3)16-17-34-23-9-5-20(6-10-23)26-19-30(2)27(13-14-28(30)33)25-11-7-21-18-22(32)8-12-24(21)29(25)26/h1,5-6,9-10,18,25-27H,7-8,11-17,19H2,2-3H3/t25?,26-,27?,30+/m1/s1. The molecule has 0 radical (unpaired) electrons. The molecule has 2 saturated carbocycles. The molecule has 5 rings (SSSR count). The van der Waals surface area contributed by atoms with Gasteiger partial charge in [-0.3, -0.25) is 14.5 Å². The first kappa shape index (κ1) is 23.1. The van der Waals surface area contributed by atoms with Gasteiger partial charge in [0.15, 0.2) is 5.78 Å². The smallest absolute Gasteiger partial charge is 0.156 e. The number of ether oxygens (including phenoxy) is 1. The van der Waals surface area contributed by atoms with Crippen LogP contribution in [0.5, 0.6) is 5.75 Å². The number of fused-ring (bicyclic) bond motifs is 4. The molecule has 0 spiro atoms. The minimum atomic E-state index is -0.234. The lowest BCUT2D eigenvalue weighted by atomic mass is 9.53. The molecule has 4 aliphatic rings. The van der Waals surface area contributed by atoms with Gasteiger partial charge < -0.3 is 4.74 Å². The van der Waals surface area contributed by atoms with Crippen molar-refractivity contribution in [2.24, 2.45) is 17.3 Å². The summed E-state index contributed by atoms with van der Waals surface area (Å²) in [4.78, 5) is 27.3. The monoisotopic (exact) mass is 457 g/mol. The van der Waals surface area contributed by atoms with Gasteiger partial charge in [-0.2, -0.15) is 0 Å². The van der Waals surface area contributed by atoms with Gasteiger partial charge in [-0.25, -0.2) is 0 Å². The van der Waals surface area contributed by atoms with Crippen molar-refractivity contribution < 1.29 is 14.3 Å². The predicted molar refractivity (Wildman–Crippen MR) is 134 cm³/mol. The van der Waals surface area contributed by atoms with E-state index >= 15 is 0 Å². The van der Waals surface area contributed by atoms with Crippen molar-refractivity contribution in [2.75, 3.05) is 26.7 Å². The molecule has 0 N–H and O–H groups in total. The SMILES string of the molecule is C#CCN(C)CCOc1ccc([C@H]2C[C@]3(C)C(=O)CCC3C3CCC4=CC(=O)CCC4=C32)cc1. The molecule has 0 aromatic heterocycles. The molecular formula is C30H35NO3. The summed E-state index contributed by atoms with van der Waals surface area (Å²) in [5.74, 6) is 5.35. The van der Waals surface area contributed by atoms with E-state index in [1.807, 2.05) is 13.1 Å². The highest BCUT2D eigenvalue weighted by Crippen LogP contribution is 2.62. The molecule has 2 unspecified atom stereocenters. The summed E-state index contributed by atoms with van der Waals surface area (Å²) in [6.45, 7) is 4.21. The lowest BCUT2D eigenvalue weighted by molar-refractivity contribution is -0.128. The van der Waals surface area contributed by atoms with Crippen LogP contribution in [-0.4, -0.2) is 43.2 Å². The summed E-state index contributed by atoms with van der Waals surface area (Å²) in [6, 6.07) is 8.49. The van der Waals surface area contributed by atoms with Gasteiger partial charge in [-0.1, -0.05) is 30.6 Å². The number of Topliss-reactive ketones (excluding diaryl/α,β-unsaturated/α-hetero) is 1. The van der Waals surface area contributed by atoms with Crippen molar-refractivity contribution in [2.45, 2.75) is 57.8 Å². The number of hydrogen-bond acceptors (Lipinski definition) is 4. The molecule has 4 heteroatoms. The number of nitrogens with zero attached hydrogens (tertiary/aromatic N) is 1. The highest BCUT2D eigenvalue weighted by atomic mass is 16.5. The van der Waals surface area contributed by atoms with Crippen LogP contribution in [0, 0.1) is 29.6 Å². The van der Waals surface area contributed by atoms with E-state index in [0.29, 0.717) is 37.2 Å². The summed E-state index contributed by atoms with van der Waals surface area (Å²) in [5, 5.41) is 0. The van der Waals surface area contributed by atoms with Crippen LogP contribution in [0.3, 0.4) is 0 Å². The molecule has 2 fully saturated rings. The van der Waals surface area contributed by atoms with Crippen molar-refractivity contribution in [3.63, 3.8) is 0 Å². The zero-order valence-electron chi connectivity index (χ0n) is 20.4. The maximum atomic E-state index is 13.1. The van der Waals surface area contributed by atoms with Gasteiger partial charge in [0.25, 0.3) is 0 Å². The van der Waals surface area contributed by atoms with E-state index in [-0.39, 0.29) is 17.1 Å². The van der Waals surface area contributed by atoms with E-state index in [4.69, 9.17) is 11.2 Å². The van der Waals surface area contributed by atoms with Crippen LogP contribution >= 0.6 is 0 Å². The van der Waals surface area contributed by atoms with Crippen LogP contribution in [0.25, 0.3) is 0 Å². The minimum absolute atomic E-state index is 0.232. The Kier molecular flexibility index (Phi) is 6.25. The zero-order valence-corrected chi connectivity index (χ0v) is 20.4. The number of benzene rings is 1. The van der Waals surface area contributed by atoms with E-state index < -0.39 is 0 Å². The molecule has 1 aromatic rings. The lowest BCUT2D eigenvalue weighted by Crippen LogP contribution is -2.43. The largest absolute Gasteiger partial charge is 0.492 e. The highest BCUT2D eigenvalue weighted by Gasteiger charge is 2.56. The normalized spacial score (nSPS) is 30.4. The molecule has 4 nitrogen and oxygen atoms in total. The van der Waals surface area contributed by atoms with Crippen molar-refractivity contribution >= 4 is 11.6 Å². The van der Waals surface area contributed by atoms with Crippen molar-refractivity contribution in [3.05, 3.63) is 52.6 Å². The Balaban J connectivity index is 1.44. The summed E-state index contributed by atoms with van der Waals surface area (Å²) in [7, 11) is 1.99. The molecule has 4 aliphatic carbocycles. The Morgan fingerprint density at radius 2 is 1.91 bits per heavy atom. The van der Waals surface area contributed by atoms with Gasteiger partial charge in [-0.15, -0.1) is 6.42 Å². The Hall–Kier alpha value is -2.64. The summed E-state index contributed by atoms with van der Waals surface area (Å²) < 4.78 is 5.95. The second-order valence-corrected chi connectivity index (χ2v) is 10.8. The van der Waals surface area contributed by atoms with E-state index in [1.165, 1.54) is 22.3 Å². The lowest BCUT2D eigenvalue weighted by Gasteiger charge is -2.50. The van der Waals surface area contributed by atoms with E-state index in [1.54, 1.807) is 0 Å².